The molecule has 0 saturated heterocycles. The van der Waals surface area contributed by atoms with E-state index in [-0.39, 0.29) is 0 Å². The van der Waals surface area contributed by atoms with Gasteiger partial charge in [0.2, 0.25) is 0 Å². The highest BCUT2D eigenvalue weighted by Crippen LogP contribution is 2.23. The molecule has 4 nitrogen and oxygen atoms in total. The third kappa shape index (κ3) is 1.69. The first kappa shape index (κ1) is 10.4. The van der Waals surface area contributed by atoms with Crippen molar-refractivity contribution < 1.29 is 9.53 Å². The number of nitrogens with zero attached hydrogens (tertiary/aromatic N) is 2. The van der Waals surface area contributed by atoms with Gasteiger partial charge in [0.1, 0.15) is 5.75 Å². The second-order valence-corrected chi connectivity index (χ2v) is 3.41. The number of hydrogen-bond donors (Lipinski definition) is 0. The molecule has 0 spiro atoms. The Morgan fingerprint density at radius 1 is 1.44 bits per heavy atom. The van der Waals surface area contributed by atoms with Crippen LogP contribution in [0.2, 0.25) is 0 Å². The summed E-state index contributed by atoms with van der Waals surface area (Å²) in [6.07, 6.45) is 2.42. The molecule has 1 heterocycles. The van der Waals surface area contributed by atoms with Gasteiger partial charge >= 0.3 is 0 Å². The monoisotopic (exact) mass is 216 g/mol. The molecule has 0 unspecified atom stereocenters. The molecule has 0 aliphatic heterocycles. The molecule has 0 fully saturated rings. The average molecular weight is 216 g/mol. The molecule has 0 amide bonds. The maximum absolute atomic E-state index is 10.7. The maximum Gasteiger partial charge on any atom is 0.185 e. The average Bonchev–Trinajstić information content (AvgIpc) is 2.70. The molecule has 0 saturated carbocycles. The molecule has 1 aromatic heterocycles. The number of methoxy groups -OCH3 is 1. The maximum atomic E-state index is 10.7. The molecule has 0 radical (unpaired) electrons. The van der Waals surface area contributed by atoms with E-state index in [1.165, 1.54) is 0 Å². The SMILES string of the molecule is COc1cccc(-c2cnc(C=O)n2C)c1. The van der Waals surface area contributed by atoms with Gasteiger partial charge in [-0.15, -0.1) is 0 Å². The van der Waals surface area contributed by atoms with Crippen molar-refractivity contribution in [3.05, 3.63) is 36.3 Å². The highest BCUT2D eigenvalue weighted by Gasteiger charge is 2.07. The number of aldehydes is 1. The van der Waals surface area contributed by atoms with Crippen molar-refractivity contribution in [2.45, 2.75) is 0 Å². The molecule has 4 heteroatoms. The Labute approximate surface area is 93.5 Å². The van der Waals surface area contributed by atoms with Crippen LogP contribution in [0.3, 0.4) is 0 Å². The summed E-state index contributed by atoms with van der Waals surface area (Å²) in [6.45, 7) is 0. The molecule has 0 atom stereocenters. The summed E-state index contributed by atoms with van der Waals surface area (Å²) in [7, 11) is 3.44. The minimum absolute atomic E-state index is 0.415. The summed E-state index contributed by atoms with van der Waals surface area (Å²) in [5.41, 5.74) is 1.86. The first-order chi connectivity index (χ1) is 7.76. The van der Waals surface area contributed by atoms with E-state index in [1.807, 2.05) is 31.3 Å². The van der Waals surface area contributed by atoms with E-state index < -0.39 is 0 Å². The zero-order chi connectivity index (χ0) is 11.5. The zero-order valence-electron chi connectivity index (χ0n) is 9.18. The van der Waals surface area contributed by atoms with Crippen LogP contribution in [0.25, 0.3) is 11.3 Å². The van der Waals surface area contributed by atoms with Gasteiger partial charge in [-0.3, -0.25) is 4.79 Å². The Bertz CT molecular complexity index is 517. The molecular formula is C12H12N2O2. The first-order valence-corrected chi connectivity index (χ1v) is 4.87. The van der Waals surface area contributed by atoms with Crippen molar-refractivity contribution in [3.8, 4) is 17.0 Å². The summed E-state index contributed by atoms with van der Waals surface area (Å²) in [5, 5.41) is 0. The Hall–Kier alpha value is -2.10. The number of hydrogen-bond acceptors (Lipinski definition) is 3. The molecule has 16 heavy (non-hydrogen) atoms. The van der Waals surface area contributed by atoms with E-state index in [9.17, 15) is 4.79 Å². The van der Waals surface area contributed by atoms with E-state index in [0.29, 0.717) is 5.82 Å². The lowest BCUT2D eigenvalue weighted by Crippen LogP contribution is -1.97. The molecule has 0 aliphatic rings. The van der Waals surface area contributed by atoms with Gasteiger partial charge in [-0.05, 0) is 12.1 Å². The standard InChI is InChI=1S/C12H12N2O2/c1-14-11(7-13-12(14)8-15)9-4-3-5-10(6-9)16-2/h3-8H,1-2H3. The van der Waals surface area contributed by atoms with Crippen molar-refractivity contribution in [1.29, 1.82) is 0 Å². The van der Waals surface area contributed by atoms with Crippen molar-refractivity contribution in [1.82, 2.24) is 9.55 Å². The van der Waals surface area contributed by atoms with Crippen molar-refractivity contribution in [2.75, 3.05) is 7.11 Å². The van der Waals surface area contributed by atoms with Gasteiger partial charge in [-0.1, -0.05) is 12.1 Å². The number of carbonyl (C=O) groups is 1. The van der Waals surface area contributed by atoms with Crippen LogP contribution in [0.4, 0.5) is 0 Å². The van der Waals surface area contributed by atoms with Crippen LogP contribution in [0.5, 0.6) is 5.75 Å². The highest BCUT2D eigenvalue weighted by molar-refractivity contribution is 5.73. The molecule has 0 bridgehead atoms. The Balaban J connectivity index is 2.49. The van der Waals surface area contributed by atoms with E-state index >= 15 is 0 Å². The Morgan fingerprint density at radius 3 is 2.88 bits per heavy atom. The number of imidazole rings is 1. The topological polar surface area (TPSA) is 44.1 Å². The van der Waals surface area contributed by atoms with Crippen LogP contribution in [0.1, 0.15) is 10.6 Å². The quantitative estimate of drug-likeness (QED) is 0.736. The molecule has 0 N–H and O–H groups in total. The number of aromatic nitrogens is 2. The number of carbonyl (C=O) groups excluding carboxylic acids is 1. The highest BCUT2D eigenvalue weighted by atomic mass is 16.5. The van der Waals surface area contributed by atoms with Gasteiger partial charge in [0.05, 0.1) is 19.0 Å². The van der Waals surface area contributed by atoms with E-state index in [0.717, 1.165) is 23.3 Å². The molecule has 1 aromatic carbocycles. The molecule has 0 aliphatic carbocycles. The van der Waals surface area contributed by atoms with Gasteiger partial charge in [-0.2, -0.15) is 0 Å². The fourth-order valence-electron chi connectivity index (χ4n) is 1.58. The minimum atomic E-state index is 0.415. The van der Waals surface area contributed by atoms with Crippen molar-refractivity contribution in [3.63, 3.8) is 0 Å². The molecule has 82 valence electrons. The lowest BCUT2D eigenvalue weighted by atomic mass is 10.1. The third-order valence-corrected chi connectivity index (χ3v) is 2.50. The van der Waals surface area contributed by atoms with Crippen molar-refractivity contribution in [2.24, 2.45) is 7.05 Å². The predicted octanol–water partition coefficient (Wildman–Crippen LogP) is 1.91. The van der Waals surface area contributed by atoms with Crippen LogP contribution in [-0.2, 0) is 7.05 Å². The zero-order valence-corrected chi connectivity index (χ0v) is 9.18. The summed E-state index contributed by atoms with van der Waals surface area (Å²) in [6, 6.07) is 7.64. The summed E-state index contributed by atoms with van der Waals surface area (Å²) in [5.74, 6) is 1.20. The largest absolute Gasteiger partial charge is 0.497 e. The first-order valence-electron chi connectivity index (χ1n) is 4.87. The fraction of sp³-hybridized carbons (Fsp3) is 0.167. The van der Waals surface area contributed by atoms with E-state index in [2.05, 4.69) is 4.98 Å². The normalized spacial score (nSPS) is 10.1. The number of benzene rings is 1. The van der Waals surface area contributed by atoms with E-state index in [1.54, 1.807) is 17.9 Å². The van der Waals surface area contributed by atoms with Gasteiger partial charge in [0, 0.05) is 12.6 Å². The van der Waals surface area contributed by atoms with Gasteiger partial charge in [0.25, 0.3) is 0 Å². The van der Waals surface area contributed by atoms with Crippen molar-refractivity contribution >= 4 is 6.29 Å². The third-order valence-electron chi connectivity index (χ3n) is 2.50. The van der Waals surface area contributed by atoms with Crippen LogP contribution in [0.15, 0.2) is 30.5 Å². The Morgan fingerprint density at radius 2 is 2.25 bits per heavy atom. The second-order valence-electron chi connectivity index (χ2n) is 3.41. The second kappa shape index (κ2) is 4.18. The van der Waals surface area contributed by atoms with Gasteiger partial charge in [-0.25, -0.2) is 4.98 Å². The molecule has 2 rings (SSSR count). The number of ether oxygens (including phenoxy) is 1. The smallest absolute Gasteiger partial charge is 0.185 e. The van der Waals surface area contributed by atoms with Crippen LogP contribution in [0, 0.1) is 0 Å². The lowest BCUT2D eigenvalue weighted by molar-refractivity contribution is 0.111. The lowest BCUT2D eigenvalue weighted by Gasteiger charge is -2.05. The summed E-state index contributed by atoms with van der Waals surface area (Å²) >= 11 is 0. The number of rotatable bonds is 3. The van der Waals surface area contributed by atoms with E-state index in [4.69, 9.17) is 4.74 Å². The van der Waals surface area contributed by atoms with Crippen LogP contribution in [-0.4, -0.2) is 22.9 Å². The molecule has 2 aromatic rings. The summed E-state index contributed by atoms with van der Waals surface area (Å²) in [4.78, 5) is 14.7. The predicted molar refractivity (Wildman–Crippen MR) is 60.6 cm³/mol. The summed E-state index contributed by atoms with van der Waals surface area (Å²) < 4.78 is 6.90. The van der Waals surface area contributed by atoms with Crippen LogP contribution < -0.4 is 4.74 Å². The Kier molecular flexibility index (Phi) is 2.72. The molecular weight excluding hydrogens is 204 g/mol. The van der Waals surface area contributed by atoms with Gasteiger partial charge in [0.15, 0.2) is 12.1 Å². The fourth-order valence-corrected chi connectivity index (χ4v) is 1.58. The van der Waals surface area contributed by atoms with Crippen LogP contribution >= 0.6 is 0 Å². The van der Waals surface area contributed by atoms with Gasteiger partial charge < -0.3 is 9.30 Å². The minimum Gasteiger partial charge on any atom is -0.497 e.